The van der Waals surface area contributed by atoms with Crippen molar-refractivity contribution in [3.8, 4) is 5.75 Å². The molecule has 0 radical (unpaired) electrons. The summed E-state index contributed by atoms with van der Waals surface area (Å²) in [6.45, 7) is 11.4. The van der Waals surface area contributed by atoms with E-state index in [2.05, 4.69) is 0 Å². The zero-order valence-corrected chi connectivity index (χ0v) is 20.4. The van der Waals surface area contributed by atoms with Crippen molar-refractivity contribution in [2.45, 2.75) is 78.6 Å². The standard InChI is InChI=1S/C27H36O6/c1-7-18(5)24(29)33-22-15-17(4)14-21(32-25(30)19-8-10-20(28)11-9-19)23-26(22,6)12-13-27(23,31)16(2)3/h7-11,15-16,21-23,28,31H,12-14H2,1-6H3/b18-7+/t21-,22-,23+,26+,27+/m0/s1. The van der Waals surface area contributed by atoms with Crippen LogP contribution in [-0.2, 0) is 14.3 Å². The van der Waals surface area contributed by atoms with Gasteiger partial charge < -0.3 is 19.7 Å². The molecule has 1 fully saturated rings. The van der Waals surface area contributed by atoms with Gasteiger partial charge in [0.15, 0.2) is 0 Å². The van der Waals surface area contributed by atoms with Crippen molar-refractivity contribution in [3.05, 3.63) is 53.1 Å². The molecule has 0 spiro atoms. The summed E-state index contributed by atoms with van der Waals surface area (Å²) < 4.78 is 12.0. The van der Waals surface area contributed by atoms with Gasteiger partial charge in [0.1, 0.15) is 18.0 Å². The minimum atomic E-state index is -1.08. The van der Waals surface area contributed by atoms with Crippen LogP contribution in [-0.4, -0.2) is 40.0 Å². The minimum absolute atomic E-state index is 0.0680. The van der Waals surface area contributed by atoms with Crippen molar-refractivity contribution >= 4 is 11.9 Å². The Morgan fingerprint density at radius 3 is 2.36 bits per heavy atom. The van der Waals surface area contributed by atoms with Gasteiger partial charge in [-0.05, 0) is 69.9 Å². The van der Waals surface area contributed by atoms with Gasteiger partial charge in [-0.25, -0.2) is 9.59 Å². The highest BCUT2D eigenvalue weighted by atomic mass is 16.6. The topological polar surface area (TPSA) is 93.1 Å². The second kappa shape index (κ2) is 9.34. The van der Waals surface area contributed by atoms with E-state index in [0.29, 0.717) is 30.4 Å². The number of aromatic hydroxyl groups is 1. The van der Waals surface area contributed by atoms with Crippen molar-refractivity contribution in [3.63, 3.8) is 0 Å². The Labute approximate surface area is 196 Å². The van der Waals surface area contributed by atoms with Crippen LogP contribution in [0.5, 0.6) is 5.75 Å². The highest BCUT2D eigenvalue weighted by molar-refractivity contribution is 5.89. The van der Waals surface area contributed by atoms with Gasteiger partial charge in [-0.2, -0.15) is 0 Å². The molecule has 0 unspecified atom stereocenters. The largest absolute Gasteiger partial charge is 0.508 e. The van der Waals surface area contributed by atoms with Crippen LogP contribution in [0.1, 0.15) is 71.2 Å². The molecule has 6 heteroatoms. The van der Waals surface area contributed by atoms with E-state index in [4.69, 9.17) is 9.47 Å². The lowest BCUT2D eigenvalue weighted by Gasteiger charge is -2.45. The first-order valence-electron chi connectivity index (χ1n) is 11.7. The van der Waals surface area contributed by atoms with E-state index in [1.54, 1.807) is 19.9 Å². The number of rotatable bonds is 5. The van der Waals surface area contributed by atoms with Crippen molar-refractivity contribution in [2.75, 3.05) is 0 Å². The molecule has 0 heterocycles. The van der Waals surface area contributed by atoms with Crippen molar-refractivity contribution in [2.24, 2.45) is 17.3 Å². The Kier molecular flexibility index (Phi) is 7.08. The third-order valence-electron chi connectivity index (χ3n) is 7.64. The quantitative estimate of drug-likeness (QED) is 0.370. The lowest BCUT2D eigenvalue weighted by molar-refractivity contribution is -0.159. The Morgan fingerprint density at radius 1 is 1.15 bits per heavy atom. The number of phenols is 1. The third-order valence-corrected chi connectivity index (χ3v) is 7.64. The molecule has 2 aliphatic rings. The Balaban J connectivity index is 2.01. The molecule has 0 aliphatic heterocycles. The van der Waals surface area contributed by atoms with E-state index >= 15 is 0 Å². The predicted octanol–water partition coefficient (Wildman–Crippen LogP) is 4.95. The molecule has 5 atom stereocenters. The van der Waals surface area contributed by atoms with Gasteiger partial charge >= 0.3 is 11.9 Å². The van der Waals surface area contributed by atoms with Gasteiger partial charge in [0, 0.05) is 23.3 Å². The van der Waals surface area contributed by atoms with Crippen LogP contribution in [0, 0.1) is 17.3 Å². The highest BCUT2D eigenvalue weighted by Crippen LogP contribution is 2.58. The van der Waals surface area contributed by atoms with E-state index < -0.39 is 35.1 Å². The van der Waals surface area contributed by atoms with Crippen LogP contribution in [0.3, 0.4) is 0 Å². The van der Waals surface area contributed by atoms with Crippen molar-refractivity contribution in [1.29, 1.82) is 0 Å². The molecule has 0 amide bonds. The Hall–Kier alpha value is -2.60. The molecule has 0 bridgehead atoms. The Bertz CT molecular complexity index is 959. The van der Waals surface area contributed by atoms with Gasteiger partial charge in [-0.15, -0.1) is 0 Å². The molecule has 1 saturated carbocycles. The van der Waals surface area contributed by atoms with E-state index in [-0.39, 0.29) is 17.6 Å². The minimum Gasteiger partial charge on any atom is -0.508 e. The van der Waals surface area contributed by atoms with Gasteiger partial charge in [0.2, 0.25) is 0 Å². The number of phenolic OH excluding ortho intramolecular Hbond substituents is 1. The number of carbonyl (C=O) groups is 2. The van der Waals surface area contributed by atoms with Gasteiger partial charge in [0.25, 0.3) is 0 Å². The average molecular weight is 457 g/mol. The predicted molar refractivity (Wildman–Crippen MR) is 126 cm³/mol. The number of carbonyl (C=O) groups excluding carboxylic acids is 2. The van der Waals surface area contributed by atoms with Gasteiger partial charge in [-0.1, -0.05) is 32.4 Å². The number of fused-ring (bicyclic) bond motifs is 1. The molecule has 0 saturated heterocycles. The average Bonchev–Trinajstić information content (AvgIpc) is 3.00. The lowest BCUT2D eigenvalue weighted by Crippen LogP contribution is -2.53. The number of allylic oxidation sites excluding steroid dienone is 1. The molecule has 180 valence electrons. The first kappa shape index (κ1) is 25.0. The number of aliphatic hydroxyl groups is 1. The fraction of sp³-hybridized carbons (Fsp3) is 0.556. The molecule has 2 aliphatic carbocycles. The molecule has 3 rings (SSSR count). The van der Waals surface area contributed by atoms with E-state index in [1.807, 2.05) is 33.8 Å². The van der Waals surface area contributed by atoms with E-state index in [0.717, 1.165) is 5.57 Å². The Morgan fingerprint density at radius 2 is 1.79 bits per heavy atom. The van der Waals surface area contributed by atoms with E-state index in [9.17, 15) is 19.8 Å². The first-order valence-corrected chi connectivity index (χ1v) is 11.7. The van der Waals surface area contributed by atoms with Gasteiger partial charge in [-0.3, -0.25) is 0 Å². The van der Waals surface area contributed by atoms with Crippen LogP contribution >= 0.6 is 0 Å². The van der Waals surface area contributed by atoms with Crippen molar-refractivity contribution in [1.82, 2.24) is 0 Å². The SMILES string of the molecule is C/C=C(\C)C(=O)O[C@H]1C=C(C)C[C@H](OC(=O)c2ccc(O)cc2)[C@@H]2[C@]1(C)CC[C@@]2(O)C(C)C. The summed E-state index contributed by atoms with van der Waals surface area (Å²) in [5.41, 5.74) is 0.112. The maximum absolute atomic E-state index is 13.0. The smallest absolute Gasteiger partial charge is 0.338 e. The molecule has 2 N–H and O–H groups in total. The lowest BCUT2D eigenvalue weighted by atomic mass is 9.66. The molecule has 0 aromatic heterocycles. The second-order valence-electron chi connectivity index (χ2n) is 10.1. The maximum Gasteiger partial charge on any atom is 0.338 e. The summed E-state index contributed by atoms with van der Waals surface area (Å²) in [5, 5.41) is 21.4. The molecule has 1 aromatic rings. The molecular weight excluding hydrogens is 420 g/mol. The van der Waals surface area contributed by atoms with Crippen LogP contribution in [0.4, 0.5) is 0 Å². The third kappa shape index (κ3) is 4.72. The zero-order valence-electron chi connectivity index (χ0n) is 20.4. The monoisotopic (exact) mass is 456 g/mol. The van der Waals surface area contributed by atoms with Crippen LogP contribution in [0.25, 0.3) is 0 Å². The van der Waals surface area contributed by atoms with Gasteiger partial charge in [0.05, 0.1) is 11.2 Å². The number of benzene rings is 1. The normalized spacial score (nSPS) is 32.1. The summed E-state index contributed by atoms with van der Waals surface area (Å²) in [4.78, 5) is 25.7. The number of hydrogen-bond acceptors (Lipinski definition) is 6. The molecule has 6 nitrogen and oxygen atoms in total. The van der Waals surface area contributed by atoms with Crippen LogP contribution in [0.15, 0.2) is 47.6 Å². The fourth-order valence-corrected chi connectivity index (χ4v) is 5.42. The van der Waals surface area contributed by atoms with Crippen molar-refractivity contribution < 1.29 is 29.3 Å². The summed E-state index contributed by atoms with van der Waals surface area (Å²) >= 11 is 0. The molecule has 1 aromatic carbocycles. The van der Waals surface area contributed by atoms with Crippen LogP contribution in [0.2, 0.25) is 0 Å². The fourth-order valence-electron chi connectivity index (χ4n) is 5.42. The first-order chi connectivity index (χ1) is 15.4. The maximum atomic E-state index is 13.0. The zero-order chi connectivity index (χ0) is 24.6. The summed E-state index contributed by atoms with van der Waals surface area (Å²) in [6, 6.07) is 5.92. The summed E-state index contributed by atoms with van der Waals surface area (Å²) in [6.07, 6.45) is 4.14. The summed E-state index contributed by atoms with van der Waals surface area (Å²) in [7, 11) is 0. The highest BCUT2D eigenvalue weighted by Gasteiger charge is 2.63. The molecular formula is C27H36O6. The summed E-state index contributed by atoms with van der Waals surface area (Å²) in [5.74, 6) is -1.33. The van der Waals surface area contributed by atoms with Crippen LogP contribution < -0.4 is 0 Å². The molecule has 33 heavy (non-hydrogen) atoms. The number of esters is 2. The second-order valence-corrected chi connectivity index (χ2v) is 10.1. The number of hydrogen-bond donors (Lipinski definition) is 2. The van der Waals surface area contributed by atoms with E-state index in [1.165, 1.54) is 24.3 Å². The number of ether oxygens (including phenoxy) is 2.